The summed E-state index contributed by atoms with van der Waals surface area (Å²) in [4.78, 5) is 11.5. The lowest BCUT2D eigenvalue weighted by molar-refractivity contribution is -0.0712. The minimum absolute atomic E-state index is 0.0382. The van der Waals surface area contributed by atoms with Crippen molar-refractivity contribution in [3.8, 4) is 17.6 Å². The third-order valence-electron chi connectivity index (χ3n) is 8.47. The van der Waals surface area contributed by atoms with Crippen molar-refractivity contribution >= 4 is 22.6 Å². The Labute approximate surface area is 246 Å². The zero-order chi connectivity index (χ0) is 29.0. The van der Waals surface area contributed by atoms with Crippen molar-refractivity contribution in [1.29, 1.82) is 5.26 Å². The van der Waals surface area contributed by atoms with Crippen molar-refractivity contribution in [2.24, 2.45) is 0 Å². The average molecular weight is 592 g/mol. The summed E-state index contributed by atoms with van der Waals surface area (Å²) in [5.74, 6) is -0.757. The highest BCUT2D eigenvalue weighted by molar-refractivity contribution is 6.30. The van der Waals surface area contributed by atoms with E-state index in [0.717, 1.165) is 61.4 Å². The normalized spacial score (nSPS) is 22.3. The van der Waals surface area contributed by atoms with Crippen LogP contribution >= 0.6 is 11.6 Å². The van der Waals surface area contributed by atoms with E-state index in [-0.39, 0.29) is 28.4 Å². The molecule has 0 N–H and O–H groups in total. The van der Waals surface area contributed by atoms with Gasteiger partial charge in [0.25, 0.3) is 5.79 Å². The molecule has 216 valence electrons. The summed E-state index contributed by atoms with van der Waals surface area (Å²) in [6, 6.07) is 10.9. The van der Waals surface area contributed by atoms with Gasteiger partial charge < -0.3 is 18.8 Å². The Morgan fingerprint density at radius 2 is 1.93 bits per heavy atom. The smallest absolute Gasteiger partial charge is 0.278 e. The second kappa shape index (κ2) is 10.5. The van der Waals surface area contributed by atoms with Gasteiger partial charge in [-0.05, 0) is 62.5 Å². The molecule has 11 heteroatoms. The van der Waals surface area contributed by atoms with E-state index < -0.39 is 17.4 Å². The quantitative estimate of drug-likeness (QED) is 0.270. The summed E-state index contributed by atoms with van der Waals surface area (Å²) in [6.45, 7) is 5.25. The Morgan fingerprint density at radius 1 is 1.12 bits per heavy atom. The van der Waals surface area contributed by atoms with Crippen molar-refractivity contribution in [3.63, 3.8) is 0 Å². The second-order valence-electron chi connectivity index (χ2n) is 11.2. The van der Waals surface area contributed by atoms with E-state index in [1.807, 2.05) is 0 Å². The number of aromatic nitrogens is 3. The van der Waals surface area contributed by atoms with Crippen LogP contribution in [0.3, 0.4) is 0 Å². The van der Waals surface area contributed by atoms with E-state index in [1.165, 1.54) is 24.3 Å². The minimum Gasteiger partial charge on any atom is -0.444 e. The fraction of sp³-hybridized carbons (Fsp3) is 0.387. The summed E-state index contributed by atoms with van der Waals surface area (Å²) in [5.41, 5.74) is 2.90. The number of likely N-dealkylation sites (tertiary alicyclic amines) is 1. The van der Waals surface area contributed by atoms with Crippen molar-refractivity contribution in [2.45, 2.75) is 57.1 Å². The zero-order valence-corrected chi connectivity index (χ0v) is 23.7. The van der Waals surface area contributed by atoms with Crippen molar-refractivity contribution in [2.75, 3.05) is 19.7 Å². The van der Waals surface area contributed by atoms with Gasteiger partial charge in [-0.1, -0.05) is 11.6 Å². The number of rotatable bonds is 6. The highest BCUT2D eigenvalue weighted by atomic mass is 35.5. The first-order valence-electron chi connectivity index (χ1n) is 14.1. The number of imidazole rings is 1. The molecular weight excluding hydrogens is 564 g/mol. The van der Waals surface area contributed by atoms with Gasteiger partial charge in [-0.2, -0.15) is 5.26 Å². The van der Waals surface area contributed by atoms with Crippen molar-refractivity contribution in [3.05, 3.63) is 81.9 Å². The van der Waals surface area contributed by atoms with Gasteiger partial charge in [0, 0.05) is 36.2 Å². The van der Waals surface area contributed by atoms with Crippen LogP contribution in [0.5, 0.6) is 11.5 Å². The van der Waals surface area contributed by atoms with Gasteiger partial charge in [-0.3, -0.25) is 4.90 Å². The third kappa shape index (κ3) is 4.85. The fourth-order valence-electron chi connectivity index (χ4n) is 6.16. The van der Waals surface area contributed by atoms with E-state index in [9.17, 15) is 14.0 Å². The molecule has 4 aromatic rings. The molecule has 2 aromatic heterocycles. The molecule has 1 unspecified atom stereocenters. The Bertz CT molecular complexity index is 1730. The molecule has 0 saturated carbocycles. The molecule has 5 heterocycles. The van der Waals surface area contributed by atoms with Crippen LogP contribution in [0.25, 0.3) is 11.0 Å². The molecule has 2 aromatic carbocycles. The van der Waals surface area contributed by atoms with E-state index in [2.05, 4.69) is 20.5 Å². The van der Waals surface area contributed by atoms with Gasteiger partial charge in [0.15, 0.2) is 11.5 Å². The molecule has 3 aliphatic heterocycles. The van der Waals surface area contributed by atoms with E-state index in [4.69, 9.17) is 30.8 Å². The van der Waals surface area contributed by atoms with Gasteiger partial charge >= 0.3 is 0 Å². The van der Waals surface area contributed by atoms with Crippen LogP contribution < -0.4 is 9.47 Å². The Morgan fingerprint density at radius 3 is 2.64 bits per heavy atom. The Kier molecular flexibility index (Phi) is 6.76. The highest BCUT2D eigenvalue weighted by Gasteiger charge is 2.43. The minimum atomic E-state index is -1.44. The first kappa shape index (κ1) is 27.1. The third-order valence-corrected chi connectivity index (χ3v) is 8.71. The van der Waals surface area contributed by atoms with Gasteiger partial charge in [0.1, 0.15) is 29.2 Å². The molecule has 0 amide bonds. The van der Waals surface area contributed by atoms with Crippen LogP contribution in [0.4, 0.5) is 8.78 Å². The van der Waals surface area contributed by atoms with Gasteiger partial charge in [-0.15, -0.1) is 0 Å². The average Bonchev–Trinajstić information content (AvgIpc) is 3.46. The van der Waals surface area contributed by atoms with Crippen LogP contribution in [0.2, 0.25) is 5.02 Å². The van der Waals surface area contributed by atoms with Crippen LogP contribution in [0.15, 0.2) is 42.6 Å². The number of pyridine rings is 1. The molecule has 8 nitrogen and oxygen atoms in total. The van der Waals surface area contributed by atoms with E-state index in [1.54, 1.807) is 25.3 Å². The highest BCUT2D eigenvalue weighted by Crippen LogP contribution is 2.50. The molecule has 2 saturated heterocycles. The lowest BCUT2D eigenvalue weighted by Crippen LogP contribution is -2.35. The summed E-state index contributed by atoms with van der Waals surface area (Å²) < 4.78 is 49.7. The summed E-state index contributed by atoms with van der Waals surface area (Å²) in [5, 5.41) is 9.56. The first-order valence-corrected chi connectivity index (χ1v) is 14.4. The topological polar surface area (TPSA) is 85.4 Å². The standard InChI is InChI=1S/C31H28ClF2N5O3/c1-31(24-3-2-19(32)10-25(24)34)41-28-12-20(33)11-23(30(28)42-31)18-4-7-38(8-5-18)17-29-37-26-13-21(14-35)36-15-27(26)39(29)16-22-6-9-40-22/h2-3,10-13,15,18,22H,4-9,16-17H2,1H3/t22-,31?/m0/s1. The Hall–Kier alpha value is -3.78. The van der Waals surface area contributed by atoms with Gasteiger partial charge in [0.05, 0.1) is 42.0 Å². The number of hydrogen-bond acceptors (Lipinski definition) is 7. The number of nitriles is 1. The molecule has 7 rings (SSSR count). The van der Waals surface area contributed by atoms with E-state index in [0.29, 0.717) is 24.5 Å². The maximum absolute atomic E-state index is 14.8. The maximum Gasteiger partial charge on any atom is 0.278 e. The van der Waals surface area contributed by atoms with Gasteiger partial charge in [-0.25, -0.2) is 18.7 Å². The molecule has 3 aliphatic rings. The summed E-state index contributed by atoms with van der Waals surface area (Å²) in [7, 11) is 0. The number of hydrogen-bond donors (Lipinski definition) is 0. The molecular formula is C31H28ClF2N5O3. The largest absolute Gasteiger partial charge is 0.444 e. The molecule has 0 aliphatic carbocycles. The number of piperidine rings is 1. The van der Waals surface area contributed by atoms with Crippen molar-refractivity contribution < 1.29 is 23.0 Å². The van der Waals surface area contributed by atoms with Gasteiger partial charge in [0.2, 0.25) is 0 Å². The monoisotopic (exact) mass is 591 g/mol. The number of benzene rings is 2. The first-order chi connectivity index (χ1) is 20.3. The zero-order valence-electron chi connectivity index (χ0n) is 22.9. The van der Waals surface area contributed by atoms with Crippen LogP contribution in [-0.4, -0.2) is 45.2 Å². The summed E-state index contributed by atoms with van der Waals surface area (Å²) >= 11 is 5.94. The molecule has 0 bridgehead atoms. The number of fused-ring (bicyclic) bond motifs is 2. The molecule has 0 radical (unpaired) electrons. The predicted octanol–water partition coefficient (Wildman–Crippen LogP) is 6.05. The maximum atomic E-state index is 14.8. The Balaban J connectivity index is 1.09. The van der Waals surface area contributed by atoms with Crippen LogP contribution in [0.1, 0.15) is 54.7 Å². The SMILES string of the molecule is CC1(c2ccc(Cl)cc2F)Oc2cc(F)cc(C3CCN(Cc4nc5cc(C#N)ncc5n4C[C@@H]4CCO4)CC3)c2O1. The fourth-order valence-corrected chi connectivity index (χ4v) is 6.32. The predicted molar refractivity (Wildman–Crippen MR) is 150 cm³/mol. The molecule has 42 heavy (non-hydrogen) atoms. The van der Waals surface area contributed by atoms with Crippen LogP contribution in [0, 0.1) is 23.0 Å². The van der Waals surface area contributed by atoms with Crippen molar-refractivity contribution in [1.82, 2.24) is 19.4 Å². The number of nitrogens with zero attached hydrogens (tertiary/aromatic N) is 5. The lowest BCUT2D eigenvalue weighted by atomic mass is 9.88. The molecule has 2 atom stereocenters. The molecule has 0 spiro atoms. The second-order valence-corrected chi connectivity index (χ2v) is 11.7. The molecule has 2 fully saturated rings. The number of ether oxygens (including phenoxy) is 3. The summed E-state index contributed by atoms with van der Waals surface area (Å²) in [6.07, 6.45) is 4.41. The van der Waals surface area contributed by atoms with E-state index >= 15 is 0 Å². The lowest BCUT2D eigenvalue weighted by Gasteiger charge is -2.33. The van der Waals surface area contributed by atoms with Crippen LogP contribution in [-0.2, 0) is 23.6 Å². The number of halogens is 3.